The van der Waals surface area contributed by atoms with Gasteiger partial charge in [0, 0.05) is 41.9 Å². The lowest BCUT2D eigenvalue weighted by Gasteiger charge is -2.63. The zero-order valence-corrected chi connectivity index (χ0v) is 24.3. The summed E-state index contributed by atoms with van der Waals surface area (Å²) < 4.78 is 35.3. The van der Waals surface area contributed by atoms with Crippen molar-refractivity contribution in [1.29, 1.82) is 0 Å². The molecule has 3 saturated carbocycles. The Morgan fingerprint density at radius 3 is 2.27 bits per heavy atom. The molecule has 4 aliphatic carbocycles. The second-order valence-electron chi connectivity index (χ2n) is 12.2. The molecule has 3 fully saturated rings. The Labute approximate surface area is 235 Å². The Morgan fingerprint density at radius 2 is 1.65 bits per heavy atom. The lowest BCUT2D eigenvalue weighted by Crippen LogP contribution is -2.70. The van der Waals surface area contributed by atoms with Crippen molar-refractivity contribution in [2.24, 2.45) is 28.6 Å². The van der Waals surface area contributed by atoms with E-state index in [9.17, 15) is 24.0 Å². The molecule has 0 aromatic carbocycles. The molecule has 9 heteroatoms. The minimum atomic E-state index is -2.06. The number of allylic oxidation sites excluding steroid dienone is 4. The summed E-state index contributed by atoms with van der Waals surface area (Å²) in [6.07, 6.45) is 4.49. The molecule has 0 aliphatic heterocycles. The van der Waals surface area contributed by atoms with Gasteiger partial charge in [0.2, 0.25) is 5.78 Å². The lowest BCUT2D eigenvalue weighted by molar-refractivity contribution is -0.236. The lowest BCUT2D eigenvalue weighted by atomic mass is 9.44. The van der Waals surface area contributed by atoms with Crippen LogP contribution in [0.15, 0.2) is 23.8 Å². The number of hydrogen-bond donors (Lipinski definition) is 0. The average Bonchev–Trinajstić information content (AvgIpc) is 3.14. The van der Waals surface area contributed by atoms with Crippen LogP contribution in [0.2, 0.25) is 0 Å². The van der Waals surface area contributed by atoms with Crippen LogP contribution in [0.4, 0.5) is 4.39 Å². The number of Topliss-reactive ketones (excluding diaryl/α,β-unsaturated/α-hetero) is 1. The number of ether oxygens (including phenoxy) is 3. The van der Waals surface area contributed by atoms with Gasteiger partial charge < -0.3 is 14.2 Å². The predicted molar refractivity (Wildman–Crippen MR) is 142 cm³/mol. The second kappa shape index (κ2) is 10.5. The number of ketones is 2. The van der Waals surface area contributed by atoms with E-state index in [4.69, 9.17) is 14.2 Å². The molecule has 0 heterocycles. The zero-order chi connectivity index (χ0) is 29.7. The van der Waals surface area contributed by atoms with E-state index >= 15 is 4.39 Å². The molecule has 8 atom stereocenters. The van der Waals surface area contributed by atoms with Gasteiger partial charge in [-0.2, -0.15) is 0 Å². The maximum absolute atomic E-state index is 18.1. The summed E-state index contributed by atoms with van der Waals surface area (Å²) in [6.45, 7) is 9.68. The summed E-state index contributed by atoms with van der Waals surface area (Å²) >= 11 is 0. The third-order valence-electron chi connectivity index (χ3n) is 10.3. The number of fused-ring (bicyclic) bond motifs is 5. The summed E-state index contributed by atoms with van der Waals surface area (Å²) in [5, 5.41) is 0. The van der Waals surface area contributed by atoms with Gasteiger partial charge in [-0.25, -0.2) is 4.39 Å². The summed E-state index contributed by atoms with van der Waals surface area (Å²) in [7, 11) is 0. The topological polar surface area (TPSA) is 113 Å². The maximum Gasteiger partial charge on any atom is 0.306 e. The minimum absolute atomic E-state index is 0.0209. The fourth-order valence-corrected chi connectivity index (χ4v) is 8.34. The monoisotopic (exact) mass is 560 g/mol. The average molecular weight is 561 g/mol. The van der Waals surface area contributed by atoms with E-state index < -0.39 is 76.3 Å². The zero-order valence-electron chi connectivity index (χ0n) is 24.3. The molecule has 0 unspecified atom stereocenters. The highest BCUT2D eigenvalue weighted by molar-refractivity contribution is 6.01. The molecular formula is C31H41FO8. The van der Waals surface area contributed by atoms with Crippen molar-refractivity contribution in [3.63, 3.8) is 0 Å². The van der Waals surface area contributed by atoms with Crippen molar-refractivity contribution in [3.05, 3.63) is 23.8 Å². The van der Waals surface area contributed by atoms with Crippen molar-refractivity contribution >= 4 is 29.5 Å². The number of carbonyl (C=O) groups excluding carboxylic acids is 5. The quantitative estimate of drug-likeness (QED) is 0.308. The Balaban J connectivity index is 1.88. The highest BCUT2D eigenvalue weighted by atomic mass is 19.1. The second-order valence-corrected chi connectivity index (χ2v) is 12.2. The van der Waals surface area contributed by atoms with Crippen LogP contribution in [0.25, 0.3) is 0 Å². The Morgan fingerprint density at radius 1 is 1.00 bits per heavy atom. The predicted octanol–water partition coefficient (Wildman–Crippen LogP) is 4.78. The molecule has 8 nitrogen and oxygen atoms in total. The van der Waals surface area contributed by atoms with Gasteiger partial charge in [0.1, 0.15) is 6.10 Å². The number of alkyl halides is 1. The summed E-state index contributed by atoms with van der Waals surface area (Å²) in [5.41, 5.74) is -5.41. The van der Waals surface area contributed by atoms with Crippen LogP contribution >= 0.6 is 0 Å². The highest BCUT2D eigenvalue weighted by Gasteiger charge is 2.78. The van der Waals surface area contributed by atoms with Crippen LogP contribution in [0.3, 0.4) is 0 Å². The van der Waals surface area contributed by atoms with E-state index in [1.54, 1.807) is 33.8 Å². The van der Waals surface area contributed by atoms with E-state index in [0.29, 0.717) is 24.8 Å². The summed E-state index contributed by atoms with van der Waals surface area (Å²) in [6, 6.07) is 0. The molecule has 0 amide bonds. The van der Waals surface area contributed by atoms with Gasteiger partial charge in [-0.15, -0.1) is 0 Å². The SMILES string of the molecule is CCC(=O)OCC(=O)[C@@]1(OC(=O)CC)[C@H](C)C[C@H]2[C@@H]3CCC4=CC(=O)C=C[C@]4(C)[C@@]3(F)[C@@H](OC(=O)CC)C[C@@]21C. The molecular weight excluding hydrogens is 519 g/mol. The Bertz CT molecular complexity index is 1170. The smallest absolute Gasteiger partial charge is 0.306 e. The van der Waals surface area contributed by atoms with Gasteiger partial charge in [-0.05, 0) is 50.7 Å². The van der Waals surface area contributed by atoms with E-state index in [1.807, 2.05) is 13.8 Å². The fraction of sp³-hybridized carbons (Fsp3) is 0.710. The number of hydrogen-bond acceptors (Lipinski definition) is 8. The van der Waals surface area contributed by atoms with Gasteiger partial charge in [0.25, 0.3) is 0 Å². The number of halogens is 1. The first-order valence-corrected chi connectivity index (χ1v) is 14.5. The van der Waals surface area contributed by atoms with Crippen molar-refractivity contribution in [1.82, 2.24) is 0 Å². The normalized spacial score (nSPS) is 39.8. The maximum atomic E-state index is 18.1. The molecule has 0 aromatic heterocycles. The van der Waals surface area contributed by atoms with Crippen LogP contribution in [0, 0.1) is 28.6 Å². The molecule has 4 aliphatic rings. The van der Waals surface area contributed by atoms with E-state index in [-0.39, 0.29) is 31.5 Å². The Kier molecular flexibility index (Phi) is 7.93. The van der Waals surface area contributed by atoms with Crippen molar-refractivity contribution in [2.75, 3.05) is 6.61 Å². The fourth-order valence-electron chi connectivity index (χ4n) is 8.34. The highest BCUT2D eigenvalue weighted by Crippen LogP contribution is 2.72. The van der Waals surface area contributed by atoms with Gasteiger partial charge in [0.15, 0.2) is 23.7 Å². The molecule has 0 N–H and O–H groups in total. The van der Waals surface area contributed by atoms with Gasteiger partial charge >= 0.3 is 17.9 Å². The summed E-state index contributed by atoms with van der Waals surface area (Å²) in [4.78, 5) is 63.8. The summed E-state index contributed by atoms with van der Waals surface area (Å²) in [5.74, 6) is -4.06. The number of carbonyl (C=O) groups is 5. The van der Waals surface area contributed by atoms with Crippen molar-refractivity contribution in [3.8, 4) is 0 Å². The molecule has 0 spiro atoms. The first kappa shape index (κ1) is 30.1. The minimum Gasteiger partial charge on any atom is -0.459 e. The first-order chi connectivity index (χ1) is 18.7. The van der Waals surface area contributed by atoms with E-state index in [0.717, 1.165) is 0 Å². The standard InChI is InChI=1S/C31H41FO8/c1-7-25(35)38-17-23(34)31(40-27(37)9-3)18(4)14-22-21-11-10-19-15-20(33)12-13-28(19,5)30(21,32)24(16-29(22,31)6)39-26(36)8-2/h12-13,15,18,21-22,24H,7-11,14,16-17H2,1-6H3/t18-,21+,22+,24+,28+,29+,30+,31+/m1/s1. The molecule has 0 aromatic rings. The van der Waals surface area contributed by atoms with Crippen LogP contribution in [0.5, 0.6) is 0 Å². The van der Waals surface area contributed by atoms with Gasteiger partial charge in [-0.1, -0.05) is 46.3 Å². The van der Waals surface area contributed by atoms with Crippen LogP contribution in [-0.4, -0.2) is 53.5 Å². The van der Waals surface area contributed by atoms with E-state index in [1.165, 1.54) is 12.2 Å². The largest absolute Gasteiger partial charge is 0.459 e. The molecule has 0 saturated heterocycles. The molecule has 4 rings (SSSR count). The molecule has 0 bridgehead atoms. The van der Waals surface area contributed by atoms with Gasteiger partial charge in [-0.3, -0.25) is 24.0 Å². The van der Waals surface area contributed by atoms with Gasteiger partial charge in [0.05, 0.1) is 0 Å². The van der Waals surface area contributed by atoms with Crippen LogP contribution < -0.4 is 0 Å². The third kappa shape index (κ3) is 4.17. The van der Waals surface area contributed by atoms with Crippen LogP contribution in [-0.2, 0) is 38.2 Å². The number of esters is 3. The van der Waals surface area contributed by atoms with Crippen molar-refractivity contribution < 1.29 is 42.6 Å². The van der Waals surface area contributed by atoms with Crippen LogP contribution in [0.1, 0.15) is 86.5 Å². The Hall–Kier alpha value is -2.84. The molecule has 0 radical (unpaired) electrons. The third-order valence-corrected chi connectivity index (χ3v) is 10.3. The van der Waals surface area contributed by atoms with E-state index in [2.05, 4.69) is 0 Å². The first-order valence-electron chi connectivity index (χ1n) is 14.5. The molecule has 40 heavy (non-hydrogen) atoms. The molecule has 220 valence electrons. The number of rotatable bonds is 8. The van der Waals surface area contributed by atoms with Crippen molar-refractivity contribution in [2.45, 2.75) is 104 Å².